The molecule has 17 N–H and O–H groups in total. The number of H-pyrrole nitrogens is 5. The van der Waals surface area contributed by atoms with Crippen LogP contribution in [0.4, 0.5) is 40.6 Å². The number of aromatic nitrogens is 17. The average molecular weight is 1820 g/mol. The second kappa shape index (κ2) is 41.4. The van der Waals surface area contributed by atoms with Gasteiger partial charge in [0.1, 0.15) is 21.7 Å². The summed E-state index contributed by atoms with van der Waals surface area (Å²) in [5, 5.41) is 46.2. The number of nitrogens with one attached hydrogen (secondary N) is 8. The predicted octanol–water partition coefficient (Wildman–Crippen LogP) is 17.5. The molecular formula is C94H92BCl3N26O7. The Morgan fingerprint density at radius 2 is 1.01 bits per heavy atom. The van der Waals surface area contributed by atoms with Gasteiger partial charge < -0.3 is 73.0 Å². The van der Waals surface area contributed by atoms with E-state index < -0.39 is 13.1 Å². The second-order valence-corrected chi connectivity index (χ2v) is 32.1. The van der Waals surface area contributed by atoms with Crippen LogP contribution in [-0.2, 0) is 33.6 Å². The highest BCUT2D eigenvalue weighted by Crippen LogP contribution is 2.38. The average Bonchev–Trinajstić information content (AvgIpc) is 1.61. The molecule has 7 aromatic carbocycles. The quantitative estimate of drug-likeness (QED) is 0.00862. The Kier molecular flexibility index (Phi) is 29.4. The number of hydrogen-bond donors (Lipinski definition) is 13. The number of aryl methyl sites for hydroxylation is 4. The summed E-state index contributed by atoms with van der Waals surface area (Å²) in [6.45, 7) is 17.2. The molecule has 0 saturated carbocycles. The number of carboxylic acids is 1. The molecule has 664 valence electrons. The summed E-state index contributed by atoms with van der Waals surface area (Å²) < 4.78 is 16.8. The Hall–Kier alpha value is -15.6. The van der Waals surface area contributed by atoms with Gasteiger partial charge in [-0.25, -0.2) is 49.5 Å². The van der Waals surface area contributed by atoms with Gasteiger partial charge in [-0.05, 0) is 240 Å². The SMILES string of the molecule is C.COC(=O)c1cc2ccc(B3OC(C)(C)C(C)(C)O3)cc2[nH]1.Cc1cc(-c2ccc3cc(C(=O)Cc4ccnnc4)[nH]c3c2)nc(Nc2ccc3[nH]ncc3c2)n1.Cc1cc(-c2ccc3cc(C(=O)O)[nH]c3c2)nc(Nc2ccc3[nH]ncc3c2)n1.Cc1cc(Cl)nc(Cl)n1.Cc1cc(Cl)nc(Nc2ccc3c(c2)C=NC3)n1.N/C=C\C(N)=C/N.Nc1ccc2c(c1)C=NC2. The summed E-state index contributed by atoms with van der Waals surface area (Å²) in [5.41, 5.74) is 42.6. The number of Topliss-reactive ketones (excluding diaryl/α,β-unsaturated/α-hetero) is 1. The fraction of sp³-hybridized carbons (Fsp3) is 0.160. The first-order valence-corrected chi connectivity index (χ1v) is 41.6. The summed E-state index contributed by atoms with van der Waals surface area (Å²) in [6.07, 6.45) is 14.9. The molecule has 0 amide bonds. The number of hydrogen-bond acceptors (Lipinski definition) is 27. The first-order valence-electron chi connectivity index (χ1n) is 40.4. The summed E-state index contributed by atoms with van der Waals surface area (Å²) in [4.78, 5) is 87.4. The smallest absolute Gasteiger partial charge is 0.477 e. The molecule has 10 aromatic heterocycles. The van der Waals surface area contributed by atoms with Crippen molar-refractivity contribution in [3.63, 3.8) is 0 Å². The molecular weight excluding hydrogens is 1720 g/mol. The van der Waals surface area contributed by atoms with E-state index in [4.69, 9.17) is 76.8 Å². The van der Waals surface area contributed by atoms with Gasteiger partial charge in [0.15, 0.2) is 5.78 Å². The molecule has 3 aliphatic rings. The summed E-state index contributed by atoms with van der Waals surface area (Å²) in [6, 6.07) is 55.5. The topological polar surface area (TPSA) is 498 Å². The highest BCUT2D eigenvalue weighted by Gasteiger charge is 2.52. The van der Waals surface area contributed by atoms with Crippen molar-refractivity contribution in [1.29, 1.82) is 0 Å². The Labute approximate surface area is 767 Å². The number of fused-ring (bicyclic) bond motifs is 7. The lowest BCUT2D eigenvalue weighted by Crippen LogP contribution is -2.41. The van der Waals surface area contributed by atoms with Crippen LogP contribution < -0.4 is 44.3 Å². The number of nitrogens with two attached hydrogens (primary N) is 4. The Balaban J connectivity index is 0.000000138. The van der Waals surface area contributed by atoms with Crippen LogP contribution in [0.15, 0.2) is 235 Å². The lowest BCUT2D eigenvalue weighted by atomic mass is 9.79. The zero-order valence-electron chi connectivity index (χ0n) is 71.7. The third-order valence-electron chi connectivity index (χ3n) is 20.7. The minimum absolute atomic E-state index is 0. The molecule has 0 unspecified atom stereocenters. The number of carboxylic acid groups (broad SMARTS) is 1. The van der Waals surface area contributed by atoms with Crippen molar-refractivity contribution in [1.82, 2.24) is 85.4 Å². The van der Waals surface area contributed by atoms with Crippen molar-refractivity contribution in [3.8, 4) is 22.5 Å². The lowest BCUT2D eigenvalue weighted by Gasteiger charge is -2.32. The van der Waals surface area contributed by atoms with Gasteiger partial charge in [-0.3, -0.25) is 25.0 Å². The maximum Gasteiger partial charge on any atom is 0.494 e. The van der Waals surface area contributed by atoms with Gasteiger partial charge in [-0.1, -0.05) is 79.2 Å². The number of aliphatic imine (C=N–C) groups is 2. The number of methoxy groups -OCH3 is 1. The molecule has 1 saturated heterocycles. The first-order chi connectivity index (χ1) is 62.4. The highest BCUT2D eigenvalue weighted by molar-refractivity contribution is 6.62. The zero-order valence-corrected chi connectivity index (χ0v) is 74.0. The summed E-state index contributed by atoms with van der Waals surface area (Å²) >= 11 is 16.9. The molecule has 37 heteroatoms. The molecule has 13 heterocycles. The summed E-state index contributed by atoms with van der Waals surface area (Å²) in [7, 11) is 0.947. The van der Waals surface area contributed by atoms with E-state index in [-0.39, 0.29) is 47.8 Å². The number of aromatic amines is 5. The number of carbonyl (C=O) groups is 3. The molecule has 0 atom stereocenters. The van der Waals surface area contributed by atoms with Crippen LogP contribution in [0, 0.1) is 27.7 Å². The number of benzene rings is 7. The van der Waals surface area contributed by atoms with Crippen molar-refractivity contribution in [2.75, 3.05) is 28.8 Å². The number of ketones is 1. The molecule has 0 bridgehead atoms. The van der Waals surface area contributed by atoms with Crippen LogP contribution in [0.25, 0.3) is 77.0 Å². The Bertz CT molecular complexity index is 7080. The van der Waals surface area contributed by atoms with E-state index in [0.29, 0.717) is 45.2 Å². The molecule has 3 aliphatic heterocycles. The van der Waals surface area contributed by atoms with E-state index in [0.717, 1.165) is 152 Å². The largest absolute Gasteiger partial charge is 0.494 e. The normalized spacial score (nSPS) is 12.9. The predicted molar refractivity (Wildman–Crippen MR) is 518 cm³/mol. The van der Waals surface area contributed by atoms with E-state index in [1.54, 1.807) is 62.0 Å². The number of allylic oxidation sites excluding steroid dienone is 1. The van der Waals surface area contributed by atoms with E-state index >= 15 is 0 Å². The van der Waals surface area contributed by atoms with E-state index in [1.165, 1.54) is 42.3 Å². The van der Waals surface area contributed by atoms with Crippen molar-refractivity contribution >= 4 is 173 Å². The van der Waals surface area contributed by atoms with Crippen molar-refractivity contribution in [2.24, 2.45) is 27.2 Å². The number of halogens is 3. The molecule has 20 rings (SSSR count). The van der Waals surface area contributed by atoms with Crippen LogP contribution in [0.1, 0.15) is 117 Å². The van der Waals surface area contributed by atoms with Gasteiger partial charge >= 0.3 is 19.1 Å². The zero-order chi connectivity index (χ0) is 91.9. The number of nitrogens with zero attached hydrogens (tertiary/aromatic N) is 14. The number of esters is 1. The molecule has 17 aromatic rings. The fourth-order valence-electron chi connectivity index (χ4n) is 13.6. The minimum atomic E-state index is -0.985. The summed E-state index contributed by atoms with van der Waals surface area (Å²) in [5.74, 6) is 0.136. The van der Waals surface area contributed by atoms with Crippen LogP contribution in [0.2, 0.25) is 15.6 Å². The van der Waals surface area contributed by atoms with E-state index in [1.807, 2.05) is 200 Å². The van der Waals surface area contributed by atoms with Gasteiger partial charge in [-0.15, -0.1) is 0 Å². The molecule has 0 radical (unpaired) electrons. The number of anilines is 7. The third kappa shape index (κ3) is 24.0. The van der Waals surface area contributed by atoms with Crippen molar-refractivity contribution < 1.29 is 33.5 Å². The molecule has 0 spiro atoms. The van der Waals surface area contributed by atoms with Crippen LogP contribution >= 0.6 is 34.8 Å². The second-order valence-electron chi connectivity index (χ2n) is 31.0. The van der Waals surface area contributed by atoms with Gasteiger partial charge in [0.2, 0.25) is 23.1 Å². The maximum atomic E-state index is 12.8. The van der Waals surface area contributed by atoms with Gasteiger partial charge in [0.05, 0.1) is 78.1 Å². The van der Waals surface area contributed by atoms with Crippen LogP contribution in [-0.4, -0.2) is 146 Å². The molecule has 1 fully saturated rings. The van der Waals surface area contributed by atoms with Crippen molar-refractivity contribution in [2.45, 2.75) is 93.5 Å². The number of carbonyl (C=O) groups excluding carboxylic acids is 2. The van der Waals surface area contributed by atoms with E-state index in [9.17, 15) is 19.5 Å². The van der Waals surface area contributed by atoms with Crippen LogP contribution in [0.5, 0.6) is 0 Å². The standard InChI is InChI=1S/C26H20N8O.C21H16N6O2.C16H20BNO4.C13H11ClN4.C8H8N2.C5H4Cl2N2.C4H9N3.CH4/c1-15-8-22(33-26(30-15)31-20-4-5-21-19(10-20)14-29-34-21)17-2-3-18-12-24(32-23(18)11-17)25(35)9-16-6-7-27-28-13-16;1-11-6-17(12-2-3-13-9-19(20(28)29)25-18(13)8-12)26-21(23-11)24-15-4-5-16-14(7-15)10-22-27-16;1-15(2)16(3,4)22-17(21-15)11-7-6-10-8-13(14(19)20-5)18-12(10)9-11;1-8-4-12(14)18-13(16-8)17-11-3-2-9-6-15-7-10(9)5-11;9-8-2-1-6-4-10-5-7(6)3-8;1-3-2-4(6)9-5(7)8-3;5-2-1-4(7)3-6;/h2-8,10-14,32H,9H2,1H3,(H,29,34)(H,30,31,33);2-10,25H,1H3,(H,22,27)(H,28,29)(H,23,24,26);6-9,18H,1-5H3;2-5,7H,6H2,1H3,(H,16,17,18);1-3,5H,4,9H2;2H,1H3;1-3H,5-7H2;1H4/b;;;;;;2-1-,4-3+;. The van der Waals surface area contributed by atoms with Gasteiger partial charge in [0, 0.05) is 137 Å². The maximum absolute atomic E-state index is 12.8. The molecule has 0 aliphatic carbocycles. The third-order valence-corrected chi connectivity index (χ3v) is 21.3. The van der Waals surface area contributed by atoms with Gasteiger partial charge in [0.25, 0.3) is 0 Å². The highest BCUT2D eigenvalue weighted by atomic mass is 35.5. The lowest BCUT2D eigenvalue weighted by molar-refractivity contribution is 0.00578. The monoisotopic (exact) mass is 1810 g/mol. The fourth-order valence-corrected chi connectivity index (χ4v) is 14.3. The Morgan fingerprint density at radius 3 is 1.53 bits per heavy atom. The number of ether oxygens (including phenoxy) is 1. The number of aromatic carboxylic acids is 1. The first kappa shape index (κ1) is 93.0. The number of nitrogen functional groups attached to an aromatic ring is 1. The molecule has 33 nitrogen and oxygen atoms in total. The molecule has 131 heavy (non-hydrogen) atoms. The van der Waals surface area contributed by atoms with Crippen LogP contribution in [0.3, 0.4) is 0 Å². The Morgan fingerprint density at radius 1 is 0.519 bits per heavy atom. The van der Waals surface area contributed by atoms with Crippen molar-refractivity contribution in [3.05, 3.63) is 308 Å². The van der Waals surface area contributed by atoms with Gasteiger partial charge in [-0.2, -0.15) is 20.4 Å². The number of rotatable bonds is 15. The minimum Gasteiger partial charge on any atom is -0.477 e. The van der Waals surface area contributed by atoms with E-state index in [2.05, 4.69) is 112 Å².